The lowest BCUT2D eigenvalue weighted by Gasteiger charge is -2.18. The van der Waals surface area contributed by atoms with Crippen LogP contribution in [0.4, 0.5) is 0 Å². The number of amides is 1. The first-order valence-corrected chi connectivity index (χ1v) is 7.56. The molecule has 0 bridgehead atoms. The predicted octanol–water partition coefficient (Wildman–Crippen LogP) is 2.78. The number of benzene rings is 1. The van der Waals surface area contributed by atoms with Gasteiger partial charge in [-0.25, -0.2) is 4.79 Å². The van der Waals surface area contributed by atoms with Crippen molar-refractivity contribution >= 4 is 35.1 Å². The van der Waals surface area contributed by atoms with Gasteiger partial charge in [0.1, 0.15) is 6.04 Å². The zero-order valence-corrected chi connectivity index (χ0v) is 13.9. The van der Waals surface area contributed by atoms with E-state index in [-0.39, 0.29) is 18.9 Å². The number of rotatable bonds is 8. The number of nitrogens with one attached hydrogen (secondary N) is 1. The second-order valence-corrected chi connectivity index (χ2v) is 5.87. The third kappa shape index (κ3) is 5.83. The molecule has 1 rings (SSSR count). The summed E-state index contributed by atoms with van der Waals surface area (Å²) in [6, 6.07) is 4.11. The number of hydrogen-bond acceptors (Lipinski definition) is 3. The topological polar surface area (TPSA) is 75.6 Å². The van der Waals surface area contributed by atoms with Crippen LogP contribution in [-0.2, 0) is 20.7 Å². The highest BCUT2D eigenvalue weighted by molar-refractivity contribution is 6.35. The van der Waals surface area contributed by atoms with Crippen molar-refractivity contribution in [3.8, 4) is 0 Å². The quantitative estimate of drug-likeness (QED) is 0.758. The molecule has 2 atom stereocenters. The summed E-state index contributed by atoms with van der Waals surface area (Å²) in [6.45, 7) is 1.98. The van der Waals surface area contributed by atoms with Crippen LogP contribution in [0, 0.1) is 5.92 Å². The van der Waals surface area contributed by atoms with Crippen molar-refractivity contribution in [3.05, 3.63) is 33.8 Å². The van der Waals surface area contributed by atoms with Crippen LogP contribution in [0.3, 0.4) is 0 Å². The lowest BCUT2D eigenvalue weighted by molar-refractivity contribution is -0.142. The van der Waals surface area contributed by atoms with Crippen LogP contribution in [-0.4, -0.2) is 36.7 Å². The Labute approximate surface area is 139 Å². The van der Waals surface area contributed by atoms with Crippen molar-refractivity contribution in [1.29, 1.82) is 0 Å². The van der Waals surface area contributed by atoms with Crippen LogP contribution in [0.5, 0.6) is 0 Å². The minimum Gasteiger partial charge on any atom is -0.480 e. The molecule has 0 saturated heterocycles. The molecule has 5 nitrogen and oxygen atoms in total. The molecule has 0 spiro atoms. The monoisotopic (exact) mass is 347 g/mol. The van der Waals surface area contributed by atoms with E-state index >= 15 is 0 Å². The maximum atomic E-state index is 12.1. The third-order valence-corrected chi connectivity index (χ3v) is 3.80. The SMILES string of the molecule is COCCC(NC(=O)C(C)Cc1ccc(Cl)cc1Cl)C(=O)O. The van der Waals surface area contributed by atoms with Crippen LogP contribution in [0.2, 0.25) is 10.0 Å². The predicted molar refractivity (Wildman–Crippen MR) is 85.4 cm³/mol. The number of carboxylic acids is 1. The fraction of sp³-hybridized carbons (Fsp3) is 0.467. The van der Waals surface area contributed by atoms with Crippen LogP contribution >= 0.6 is 23.2 Å². The summed E-state index contributed by atoms with van der Waals surface area (Å²) >= 11 is 11.9. The molecule has 0 saturated carbocycles. The van der Waals surface area contributed by atoms with E-state index in [0.717, 1.165) is 5.56 Å². The second-order valence-electron chi connectivity index (χ2n) is 5.02. The molecule has 1 aromatic rings. The van der Waals surface area contributed by atoms with Crippen molar-refractivity contribution in [2.45, 2.75) is 25.8 Å². The minimum atomic E-state index is -1.08. The van der Waals surface area contributed by atoms with Gasteiger partial charge < -0.3 is 15.2 Å². The Morgan fingerprint density at radius 3 is 2.59 bits per heavy atom. The summed E-state index contributed by atoms with van der Waals surface area (Å²) in [5.41, 5.74) is 0.789. The highest BCUT2D eigenvalue weighted by Crippen LogP contribution is 2.23. The molecule has 1 aromatic carbocycles. The Hall–Kier alpha value is -1.30. The summed E-state index contributed by atoms with van der Waals surface area (Å²) in [6.07, 6.45) is 0.616. The molecule has 0 aromatic heterocycles. The molecule has 22 heavy (non-hydrogen) atoms. The van der Waals surface area contributed by atoms with Gasteiger partial charge in [-0.3, -0.25) is 4.79 Å². The molecule has 0 aliphatic carbocycles. The average molecular weight is 348 g/mol. The van der Waals surface area contributed by atoms with E-state index in [2.05, 4.69) is 5.32 Å². The zero-order valence-electron chi connectivity index (χ0n) is 12.4. The Kier molecular flexibility index (Phi) is 7.65. The first-order chi connectivity index (χ1) is 10.3. The number of hydrogen-bond donors (Lipinski definition) is 2. The Morgan fingerprint density at radius 1 is 1.36 bits per heavy atom. The van der Waals surface area contributed by atoms with Crippen molar-refractivity contribution in [2.24, 2.45) is 5.92 Å². The smallest absolute Gasteiger partial charge is 0.326 e. The maximum Gasteiger partial charge on any atom is 0.326 e. The lowest BCUT2D eigenvalue weighted by Crippen LogP contribution is -2.44. The summed E-state index contributed by atoms with van der Waals surface area (Å²) in [4.78, 5) is 23.2. The minimum absolute atomic E-state index is 0.214. The molecule has 0 aliphatic heterocycles. The van der Waals surface area contributed by atoms with Gasteiger partial charge in [-0.05, 0) is 24.1 Å². The number of carbonyl (C=O) groups is 2. The maximum absolute atomic E-state index is 12.1. The highest BCUT2D eigenvalue weighted by Gasteiger charge is 2.23. The zero-order chi connectivity index (χ0) is 16.7. The number of methoxy groups -OCH3 is 1. The van der Waals surface area contributed by atoms with Gasteiger partial charge in [0.05, 0.1) is 0 Å². The molecule has 122 valence electrons. The number of carbonyl (C=O) groups excluding carboxylic acids is 1. The summed E-state index contributed by atoms with van der Waals surface area (Å²) in [5.74, 6) is -1.83. The summed E-state index contributed by atoms with van der Waals surface area (Å²) in [5, 5.41) is 12.6. The second kappa shape index (κ2) is 8.98. The van der Waals surface area contributed by atoms with Gasteiger partial charge in [0.2, 0.25) is 5.91 Å². The molecule has 2 unspecified atom stereocenters. The van der Waals surface area contributed by atoms with Crippen LogP contribution < -0.4 is 5.32 Å². The Bertz CT molecular complexity index is 536. The van der Waals surface area contributed by atoms with E-state index in [1.165, 1.54) is 7.11 Å². The van der Waals surface area contributed by atoms with Gasteiger partial charge in [0, 0.05) is 36.1 Å². The van der Waals surface area contributed by atoms with E-state index in [4.69, 9.17) is 33.0 Å². The largest absolute Gasteiger partial charge is 0.480 e. The average Bonchev–Trinajstić information content (AvgIpc) is 2.45. The molecule has 2 N–H and O–H groups in total. The van der Waals surface area contributed by atoms with Crippen LogP contribution in [0.1, 0.15) is 18.9 Å². The summed E-state index contributed by atoms with van der Waals surface area (Å²) < 4.78 is 4.84. The molecule has 0 heterocycles. The third-order valence-electron chi connectivity index (χ3n) is 3.21. The van der Waals surface area contributed by atoms with E-state index in [1.807, 2.05) is 0 Å². The molecule has 1 amide bonds. The first kappa shape index (κ1) is 18.7. The molecular weight excluding hydrogens is 329 g/mol. The van der Waals surface area contributed by atoms with Crippen molar-refractivity contribution < 1.29 is 19.4 Å². The standard InChI is InChI=1S/C15H19Cl2NO4/c1-9(7-10-3-4-11(16)8-12(10)17)14(19)18-13(15(20)21)5-6-22-2/h3-4,8-9,13H,5-7H2,1-2H3,(H,18,19)(H,20,21). The van der Waals surface area contributed by atoms with Crippen LogP contribution in [0.25, 0.3) is 0 Å². The van der Waals surface area contributed by atoms with Gasteiger partial charge in [-0.15, -0.1) is 0 Å². The first-order valence-electron chi connectivity index (χ1n) is 6.81. The van der Waals surface area contributed by atoms with Gasteiger partial charge in [-0.2, -0.15) is 0 Å². The summed E-state index contributed by atoms with van der Waals surface area (Å²) in [7, 11) is 1.48. The van der Waals surface area contributed by atoms with Gasteiger partial charge in [0.15, 0.2) is 0 Å². The normalized spacial score (nSPS) is 13.5. The molecule has 7 heteroatoms. The number of halogens is 2. The number of ether oxygens (including phenoxy) is 1. The Morgan fingerprint density at radius 2 is 2.05 bits per heavy atom. The fourth-order valence-electron chi connectivity index (χ4n) is 1.92. The number of carboxylic acid groups (broad SMARTS) is 1. The Balaban J connectivity index is 2.65. The number of aliphatic carboxylic acids is 1. The highest BCUT2D eigenvalue weighted by atomic mass is 35.5. The van der Waals surface area contributed by atoms with E-state index in [0.29, 0.717) is 16.5 Å². The molecule has 0 aliphatic rings. The lowest BCUT2D eigenvalue weighted by atomic mass is 9.99. The van der Waals surface area contributed by atoms with E-state index in [9.17, 15) is 9.59 Å². The molecule has 0 radical (unpaired) electrons. The van der Waals surface area contributed by atoms with Gasteiger partial charge in [-0.1, -0.05) is 36.2 Å². The van der Waals surface area contributed by atoms with Gasteiger partial charge >= 0.3 is 5.97 Å². The van der Waals surface area contributed by atoms with E-state index < -0.39 is 17.9 Å². The fourth-order valence-corrected chi connectivity index (χ4v) is 2.40. The van der Waals surface area contributed by atoms with Crippen LogP contribution in [0.15, 0.2) is 18.2 Å². The molecule has 0 fully saturated rings. The van der Waals surface area contributed by atoms with Gasteiger partial charge in [0.25, 0.3) is 0 Å². The van der Waals surface area contributed by atoms with Crippen molar-refractivity contribution in [3.63, 3.8) is 0 Å². The van der Waals surface area contributed by atoms with Crippen molar-refractivity contribution in [2.75, 3.05) is 13.7 Å². The van der Waals surface area contributed by atoms with E-state index in [1.54, 1.807) is 25.1 Å². The molecular formula is C15H19Cl2NO4. The van der Waals surface area contributed by atoms with Crippen molar-refractivity contribution in [1.82, 2.24) is 5.32 Å².